The van der Waals surface area contributed by atoms with Gasteiger partial charge in [-0.25, -0.2) is 0 Å². The van der Waals surface area contributed by atoms with Crippen LogP contribution >= 0.6 is 0 Å². The number of nitrogens with one attached hydrogen (secondary N) is 1. The lowest BCUT2D eigenvalue weighted by atomic mass is 10.1. The molecule has 1 saturated heterocycles. The predicted molar refractivity (Wildman–Crippen MR) is 78.4 cm³/mol. The van der Waals surface area contributed by atoms with E-state index in [1.54, 1.807) is 0 Å². The van der Waals surface area contributed by atoms with Gasteiger partial charge in [-0.15, -0.1) is 0 Å². The van der Waals surface area contributed by atoms with Gasteiger partial charge in [0, 0.05) is 53.3 Å². The molecule has 1 aliphatic heterocycles. The number of aryl methyl sites for hydroxylation is 1. The highest BCUT2D eigenvalue weighted by Gasteiger charge is 2.15. The van der Waals surface area contributed by atoms with Gasteiger partial charge in [0.25, 0.3) is 0 Å². The number of rotatable bonds is 2. The number of hydrogen-bond acceptors (Lipinski definition) is 4. The molecule has 1 aromatic carbocycles. The molecule has 0 radical (unpaired) electrons. The number of hydrogen-bond donors (Lipinski definition) is 2. The molecule has 4 nitrogen and oxygen atoms in total. The Hall–Kier alpha value is -1.81. The Morgan fingerprint density at radius 2 is 2.05 bits per heavy atom. The fourth-order valence-corrected chi connectivity index (χ4v) is 2.55. The first-order valence-corrected chi connectivity index (χ1v) is 6.73. The second-order valence-electron chi connectivity index (χ2n) is 5.10. The zero-order valence-electron chi connectivity index (χ0n) is 11.1. The van der Waals surface area contributed by atoms with E-state index in [9.17, 15) is 0 Å². The maximum atomic E-state index is 6.02. The van der Waals surface area contributed by atoms with Crippen LogP contribution in [-0.2, 0) is 4.74 Å². The summed E-state index contributed by atoms with van der Waals surface area (Å²) in [5, 5.41) is 5.78. The molecule has 1 aliphatic rings. The van der Waals surface area contributed by atoms with Gasteiger partial charge in [0.05, 0.1) is 0 Å². The summed E-state index contributed by atoms with van der Waals surface area (Å²) in [6, 6.07) is 6.58. The van der Waals surface area contributed by atoms with E-state index < -0.39 is 0 Å². The van der Waals surface area contributed by atoms with E-state index in [1.807, 2.05) is 19.2 Å². The van der Waals surface area contributed by atoms with E-state index in [1.165, 1.54) is 0 Å². The van der Waals surface area contributed by atoms with Crippen LogP contribution < -0.4 is 11.1 Å². The van der Waals surface area contributed by atoms with Crippen molar-refractivity contribution >= 4 is 22.1 Å². The van der Waals surface area contributed by atoms with Crippen molar-refractivity contribution in [2.45, 2.75) is 25.8 Å². The number of nitrogen functional groups attached to an aromatic ring is 1. The van der Waals surface area contributed by atoms with E-state index in [-0.39, 0.29) is 0 Å². The zero-order valence-corrected chi connectivity index (χ0v) is 11.1. The van der Waals surface area contributed by atoms with Crippen LogP contribution in [0.5, 0.6) is 0 Å². The highest BCUT2D eigenvalue weighted by Crippen LogP contribution is 2.29. The third-order valence-corrected chi connectivity index (χ3v) is 3.65. The number of nitrogens with two attached hydrogens (primary N) is 1. The zero-order chi connectivity index (χ0) is 13.2. The Morgan fingerprint density at radius 3 is 2.84 bits per heavy atom. The summed E-state index contributed by atoms with van der Waals surface area (Å²) in [6.45, 7) is 3.68. The molecule has 4 heteroatoms. The fraction of sp³-hybridized carbons (Fsp3) is 0.400. The van der Waals surface area contributed by atoms with Crippen molar-refractivity contribution in [3.05, 3.63) is 30.1 Å². The van der Waals surface area contributed by atoms with Crippen molar-refractivity contribution in [1.29, 1.82) is 0 Å². The summed E-state index contributed by atoms with van der Waals surface area (Å²) in [4.78, 5) is 4.33. The van der Waals surface area contributed by atoms with Crippen LogP contribution in [-0.4, -0.2) is 24.2 Å². The number of fused-ring (bicyclic) bond motifs is 1. The van der Waals surface area contributed by atoms with Gasteiger partial charge in [-0.1, -0.05) is 0 Å². The van der Waals surface area contributed by atoms with Crippen LogP contribution in [0.4, 0.5) is 11.4 Å². The molecule has 0 unspecified atom stereocenters. The maximum absolute atomic E-state index is 6.02. The summed E-state index contributed by atoms with van der Waals surface area (Å²) in [6.07, 6.45) is 3.96. The van der Waals surface area contributed by atoms with E-state index in [2.05, 4.69) is 22.4 Å². The molecule has 0 atom stereocenters. The second-order valence-corrected chi connectivity index (χ2v) is 5.10. The van der Waals surface area contributed by atoms with Gasteiger partial charge in [0.15, 0.2) is 0 Å². The average Bonchev–Trinajstić information content (AvgIpc) is 2.43. The lowest BCUT2D eigenvalue weighted by molar-refractivity contribution is 0.0905. The first kappa shape index (κ1) is 12.2. The van der Waals surface area contributed by atoms with Crippen LogP contribution in [0.15, 0.2) is 24.4 Å². The van der Waals surface area contributed by atoms with Crippen LogP contribution in [0.1, 0.15) is 18.5 Å². The monoisotopic (exact) mass is 257 g/mol. The Labute approximate surface area is 113 Å². The lowest BCUT2D eigenvalue weighted by Gasteiger charge is -2.25. The molecule has 100 valence electrons. The number of anilines is 2. The van der Waals surface area contributed by atoms with Gasteiger partial charge in [-0.2, -0.15) is 0 Å². The summed E-state index contributed by atoms with van der Waals surface area (Å²) >= 11 is 0. The molecular weight excluding hydrogens is 238 g/mol. The van der Waals surface area contributed by atoms with E-state index in [4.69, 9.17) is 10.5 Å². The van der Waals surface area contributed by atoms with Gasteiger partial charge >= 0.3 is 0 Å². The first-order valence-electron chi connectivity index (χ1n) is 6.73. The van der Waals surface area contributed by atoms with Crippen molar-refractivity contribution in [2.24, 2.45) is 0 Å². The Bertz CT molecular complexity index is 591. The van der Waals surface area contributed by atoms with Crippen molar-refractivity contribution in [2.75, 3.05) is 24.3 Å². The number of nitrogens with zero attached hydrogens (tertiary/aromatic N) is 1. The SMILES string of the molecule is Cc1cc2c(NC3CCOCC3)ccc(N)c2cn1. The van der Waals surface area contributed by atoms with Crippen molar-refractivity contribution < 1.29 is 4.74 Å². The van der Waals surface area contributed by atoms with Crippen molar-refractivity contribution in [1.82, 2.24) is 4.98 Å². The molecule has 3 N–H and O–H groups in total. The minimum atomic E-state index is 0.481. The summed E-state index contributed by atoms with van der Waals surface area (Å²) in [7, 11) is 0. The van der Waals surface area contributed by atoms with Gasteiger partial charge in [0.1, 0.15) is 0 Å². The molecule has 1 fully saturated rings. The molecule has 1 aromatic heterocycles. The normalized spacial score (nSPS) is 16.7. The molecule has 2 aromatic rings. The summed E-state index contributed by atoms with van der Waals surface area (Å²) < 4.78 is 5.39. The smallest absolute Gasteiger partial charge is 0.0485 e. The molecule has 0 spiro atoms. The third-order valence-electron chi connectivity index (χ3n) is 3.65. The molecule has 0 amide bonds. The van der Waals surface area contributed by atoms with Crippen molar-refractivity contribution in [3.63, 3.8) is 0 Å². The van der Waals surface area contributed by atoms with E-state index in [0.29, 0.717) is 6.04 Å². The van der Waals surface area contributed by atoms with Gasteiger partial charge in [-0.3, -0.25) is 4.98 Å². The van der Waals surface area contributed by atoms with Gasteiger partial charge < -0.3 is 15.8 Å². The third kappa shape index (κ3) is 2.49. The molecule has 19 heavy (non-hydrogen) atoms. The fourth-order valence-electron chi connectivity index (χ4n) is 2.55. The number of benzene rings is 1. The van der Waals surface area contributed by atoms with Gasteiger partial charge in [0.2, 0.25) is 0 Å². The van der Waals surface area contributed by atoms with E-state index >= 15 is 0 Å². The number of pyridine rings is 1. The molecule has 2 heterocycles. The highest BCUT2D eigenvalue weighted by molar-refractivity contribution is 6.00. The first-order chi connectivity index (χ1) is 9.24. The van der Waals surface area contributed by atoms with Crippen LogP contribution in [0, 0.1) is 6.92 Å². The molecule has 0 aliphatic carbocycles. The molecule has 0 saturated carbocycles. The van der Waals surface area contributed by atoms with Gasteiger partial charge in [-0.05, 0) is 38.0 Å². The Morgan fingerprint density at radius 1 is 1.26 bits per heavy atom. The van der Waals surface area contributed by atoms with Crippen LogP contribution in [0.2, 0.25) is 0 Å². The minimum Gasteiger partial charge on any atom is -0.398 e. The van der Waals surface area contributed by atoms with Crippen LogP contribution in [0.25, 0.3) is 10.8 Å². The largest absolute Gasteiger partial charge is 0.398 e. The second kappa shape index (κ2) is 5.05. The van der Waals surface area contributed by atoms with E-state index in [0.717, 1.165) is 53.9 Å². The highest BCUT2D eigenvalue weighted by atomic mass is 16.5. The van der Waals surface area contributed by atoms with Crippen molar-refractivity contribution in [3.8, 4) is 0 Å². The topological polar surface area (TPSA) is 60.2 Å². The quantitative estimate of drug-likeness (QED) is 0.812. The Balaban J connectivity index is 1.98. The molecular formula is C15H19N3O. The standard InChI is InChI=1S/C15H19N3O/c1-10-8-12-13(9-17-10)14(16)2-3-15(12)18-11-4-6-19-7-5-11/h2-3,8-9,11,18H,4-7,16H2,1H3. The number of aromatic nitrogens is 1. The lowest BCUT2D eigenvalue weighted by Crippen LogP contribution is -2.27. The maximum Gasteiger partial charge on any atom is 0.0485 e. The molecule has 0 bridgehead atoms. The average molecular weight is 257 g/mol. The summed E-state index contributed by atoms with van der Waals surface area (Å²) in [5.74, 6) is 0. The van der Waals surface area contributed by atoms with Crippen LogP contribution in [0.3, 0.4) is 0 Å². The summed E-state index contributed by atoms with van der Waals surface area (Å²) in [5.41, 5.74) is 8.95. The minimum absolute atomic E-state index is 0.481. The predicted octanol–water partition coefficient (Wildman–Crippen LogP) is 2.72. The Kier molecular flexibility index (Phi) is 3.25. The number of ether oxygens (including phenoxy) is 1. The molecule has 3 rings (SSSR count).